The lowest BCUT2D eigenvalue weighted by Gasteiger charge is -2.31. The van der Waals surface area contributed by atoms with Crippen LogP contribution in [-0.2, 0) is 6.42 Å². The normalized spacial score (nSPS) is 26.4. The molecular formula is C15H16O4. The van der Waals surface area contributed by atoms with E-state index in [1.54, 1.807) is 12.1 Å². The van der Waals surface area contributed by atoms with Crippen molar-refractivity contribution in [1.82, 2.24) is 0 Å². The fourth-order valence-electron chi connectivity index (χ4n) is 2.97. The molecule has 2 N–H and O–H groups in total. The monoisotopic (exact) mass is 260 g/mol. The molecule has 0 saturated carbocycles. The van der Waals surface area contributed by atoms with Crippen molar-refractivity contribution in [2.24, 2.45) is 5.92 Å². The number of hydrogen-bond donors (Lipinski definition) is 2. The van der Waals surface area contributed by atoms with Crippen molar-refractivity contribution in [2.75, 3.05) is 0 Å². The molecule has 0 amide bonds. The first-order valence-corrected chi connectivity index (χ1v) is 6.46. The summed E-state index contributed by atoms with van der Waals surface area (Å²) in [6.45, 7) is 3.76. The van der Waals surface area contributed by atoms with E-state index < -0.39 is 6.10 Å². The second kappa shape index (κ2) is 4.10. The molecule has 1 heterocycles. The molecule has 3 rings (SSSR count). The maximum atomic E-state index is 12.5. The van der Waals surface area contributed by atoms with E-state index in [1.807, 2.05) is 13.8 Å². The molecule has 0 bridgehead atoms. The Morgan fingerprint density at radius 2 is 2.05 bits per heavy atom. The van der Waals surface area contributed by atoms with Gasteiger partial charge in [0.2, 0.25) is 0 Å². The second-order valence-electron chi connectivity index (χ2n) is 5.38. The van der Waals surface area contributed by atoms with Gasteiger partial charge >= 0.3 is 0 Å². The van der Waals surface area contributed by atoms with Gasteiger partial charge < -0.3 is 14.6 Å². The van der Waals surface area contributed by atoms with E-state index in [9.17, 15) is 15.0 Å². The zero-order chi connectivity index (χ0) is 13.7. The van der Waals surface area contributed by atoms with Gasteiger partial charge in [0.25, 0.3) is 0 Å². The fourth-order valence-corrected chi connectivity index (χ4v) is 2.97. The summed E-state index contributed by atoms with van der Waals surface area (Å²) in [5.41, 5.74) is 0.673. The number of aromatic hydroxyl groups is 1. The molecule has 0 fully saturated rings. The lowest BCUT2D eigenvalue weighted by Crippen LogP contribution is -2.35. The van der Waals surface area contributed by atoms with E-state index in [0.29, 0.717) is 23.3 Å². The summed E-state index contributed by atoms with van der Waals surface area (Å²) in [7, 11) is 0. The Morgan fingerprint density at radius 1 is 1.32 bits per heavy atom. The van der Waals surface area contributed by atoms with Gasteiger partial charge in [-0.05, 0) is 18.1 Å². The topological polar surface area (TPSA) is 70.7 Å². The average molecular weight is 260 g/mol. The zero-order valence-electron chi connectivity index (χ0n) is 10.9. The molecule has 1 aromatic carbocycles. The summed E-state index contributed by atoms with van der Waals surface area (Å²) in [6.07, 6.45) is -0.0134. The predicted molar refractivity (Wildman–Crippen MR) is 71.4 cm³/mol. The first-order valence-electron chi connectivity index (χ1n) is 6.46. The van der Waals surface area contributed by atoms with Crippen LogP contribution in [-0.4, -0.2) is 16.3 Å². The Labute approximate surface area is 110 Å². The van der Waals surface area contributed by atoms with Crippen molar-refractivity contribution < 1.29 is 14.6 Å². The van der Waals surface area contributed by atoms with Gasteiger partial charge in [-0.15, -0.1) is 0 Å². The van der Waals surface area contributed by atoms with Crippen LogP contribution in [0.4, 0.5) is 0 Å². The first-order chi connectivity index (χ1) is 9.00. The highest BCUT2D eigenvalue weighted by Crippen LogP contribution is 2.35. The van der Waals surface area contributed by atoms with Crippen LogP contribution in [0.2, 0.25) is 0 Å². The minimum atomic E-state index is -0.557. The number of phenols is 1. The van der Waals surface area contributed by atoms with Crippen LogP contribution in [0.15, 0.2) is 27.4 Å². The van der Waals surface area contributed by atoms with Crippen molar-refractivity contribution >= 4 is 11.0 Å². The molecule has 1 aliphatic carbocycles. The van der Waals surface area contributed by atoms with Gasteiger partial charge in [-0.1, -0.05) is 19.9 Å². The summed E-state index contributed by atoms with van der Waals surface area (Å²) < 4.78 is 5.76. The van der Waals surface area contributed by atoms with Crippen LogP contribution >= 0.6 is 0 Å². The molecular weight excluding hydrogens is 244 g/mol. The van der Waals surface area contributed by atoms with Crippen molar-refractivity contribution in [1.29, 1.82) is 0 Å². The largest absolute Gasteiger partial charge is 0.507 e. The quantitative estimate of drug-likeness (QED) is 0.761. The zero-order valence-corrected chi connectivity index (χ0v) is 10.9. The highest BCUT2D eigenvalue weighted by molar-refractivity contribution is 5.83. The molecule has 0 aliphatic heterocycles. The first kappa shape index (κ1) is 12.2. The third kappa shape index (κ3) is 1.67. The van der Waals surface area contributed by atoms with Gasteiger partial charge in [0.1, 0.15) is 22.5 Å². The number of hydrogen-bond acceptors (Lipinski definition) is 4. The van der Waals surface area contributed by atoms with Crippen molar-refractivity contribution in [3.8, 4) is 5.75 Å². The Kier molecular flexibility index (Phi) is 2.64. The Morgan fingerprint density at radius 3 is 2.79 bits per heavy atom. The number of phenolic OH excluding ortho intramolecular Hbond substituents is 1. The molecule has 19 heavy (non-hydrogen) atoms. The third-order valence-electron chi connectivity index (χ3n) is 4.07. The predicted octanol–water partition coefficient (Wildman–Crippen LogP) is 2.16. The van der Waals surface area contributed by atoms with Gasteiger partial charge in [-0.2, -0.15) is 0 Å². The number of aliphatic hydroxyl groups excluding tert-OH is 1. The van der Waals surface area contributed by atoms with E-state index in [0.717, 1.165) is 0 Å². The third-order valence-corrected chi connectivity index (χ3v) is 4.07. The van der Waals surface area contributed by atoms with Crippen molar-refractivity contribution in [3.63, 3.8) is 0 Å². The summed E-state index contributed by atoms with van der Waals surface area (Å²) in [5, 5.41) is 20.2. The smallest absolute Gasteiger partial charge is 0.200 e. The van der Waals surface area contributed by atoms with Crippen LogP contribution in [0.3, 0.4) is 0 Å². The van der Waals surface area contributed by atoms with Crippen molar-refractivity contribution in [2.45, 2.75) is 32.3 Å². The standard InChI is InChI=1S/C15H16O4/c1-7-6-11-12(8(2)14(7)17)15(18)13-9(16)4-3-5-10(13)19-11/h3-5,7-8,14,16-17H,6H2,1-2H3. The van der Waals surface area contributed by atoms with Gasteiger partial charge in [0, 0.05) is 17.9 Å². The van der Waals surface area contributed by atoms with E-state index >= 15 is 0 Å². The Balaban J connectivity index is 2.38. The maximum Gasteiger partial charge on any atom is 0.200 e. The molecule has 0 saturated heterocycles. The number of fused-ring (bicyclic) bond motifs is 2. The van der Waals surface area contributed by atoms with E-state index in [4.69, 9.17) is 4.42 Å². The lowest BCUT2D eigenvalue weighted by molar-refractivity contribution is 0.0790. The highest BCUT2D eigenvalue weighted by Gasteiger charge is 2.34. The maximum absolute atomic E-state index is 12.5. The Hall–Kier alpha value is -1.81. The van der Waals surface area contributed by atoms with Gasteiger partial charge in [0.15, 0.2) is 5.43 Å². The molecule has 3 unspecified atom stereocenters. The molecule has 4 heteroatoms. The molecule has 0 radical (unpaired) electrons. The van der Waals surface area contributed by atoms with Gasteiger partial charge in [-0.3, -0.25) is 4.79 Å². The molecule has 100 valence electrons. The van der Waals surface area contributed by atoms with Crippen LogP contribution in [0.25, 0.3) is 11.0 Å². The molecule has 1 aromatic heterocycles. The highest BCUT2D eigenvalue weighted by atomic mass is 16.3. The van der Waals surface area contributed by atoms with Crippen LogP contribution in [0.5, 0.6) is 5.75 Å². The van der Waals surface area contributed by atoms with Crippen LogP contribution in [0, 0.1) is 5.92 Å². The van der Waals surface area contributed by atoms with E-state index in [1.165, 1.54) is 6.07 Å². The fraction of sp³-hybridized carbons (Fsp3) is 0.400. The lowest BCUT2D eigenvalue weighted by atomic mass is 9.78. The number of benzene rings is 1. The summed E-state index contributed by atoms with van der Waals surface area (Å²) in [5.74, 6) is 0.335. The average Bonchev–Trinajstić information content (AvgIpc) is 2.35. The van der Waals surface area contributed by atoms with Crippen LogP contribution in [0.1, 0.15) is 31.1 Å². The van der Waals surface area contributed by atoms with Gasteiger partial charge in [0.05, 0.1) is 6.10 Å². The Bertz CT molecular complexity index is 701. The van der Waals surface area contributed by atoms with Gasteiger partial charge in [-0.25, -0.2) is 0 Å². The minimum Gasteiger partial charge on any atom is -0.507 e. The summed E-state index contributed by atoms with van der Waals surface area (Å²) in [4.78, 5) is 12.5. The molecule has 2 aromatic rings. The second-order valence-corrected chi connectivity index (χ2v) is 5.38. The summed E-state index contributed by atoms with van der Waals surface area (Å²) >= 11 is 0. The molecule has 4 nitrogen and oxygen atoms in total. The SMILES string of the molecule is CC1Cc2oc3cccc(O)c3c(=O)c2C(C)C1O. The molecule has 0 spiro atoms. The number of aliphatic hydroxyl groups is 1. The van der Waals surface area contributed by atoms with Crippen molar-refractivity contribution in [3.05, 3.63) is 39.7 Å². The van der Waals surface area contributed by atoms with E-state index in [2.05, 4.69) is 0 Å². The molecule has 3 atom stereocenters. The summed E-state index contributed by atoms with van der Waals surface area (Å²) in [6, 6.07) is 4.80. The minimum absolute atomic E-state index is 0.0559. The number of rotatable bonds is 0. The molecule has 1 aliphatic rings. The van der Waals surface area contributed by atoms with Crippen LogP contribution < -0.4 is 5.43 Å². The van der Waals surface area contributed by atoms with E-state index in [-0.39, 0.29) is 28.4 Å².